The molecule has 0 aromatic carbocycles. The highest BCUT2D eigenvalue weighted by molar-refractivity contribution is 5.71. The van der Waals surface area contributed by atoms with Crippen molar-refractivity contribution in [2.24, 2.45) is 5.92 Å². The normalized spacial score (nSPS) is 19.7. The molecule has 6 nitrogen and oxygen atoms in total. The van der Waals surface area contributed by atoms with E-state index in [-0.39, 0.29) is 19.0 Å². The molecule has 9 heteroatoms. The number of hydrogen-bond donors (Lipinski definition) is 2. The molecule has 0 spiro atoms. The van der Waals surface area contributed by atoms with Gasteiger partial charge in [-0.25, -0.2) is 4.98 Å². The van der Waals surface area contributed by atoms with Gasteiger partial charge in [0.25, 0.3) is 5.56 Å². The summed E-state index contributed by atoms with van der Waals surface area (Å²) in [6, 6.07) is 0.369. The van der Waals surface area contributed by atoms with Crippen LogP contribution in [0.25, 0.3) is 0 Å². The summed E-state index contributed by atoms with van der Waals surface area (Å²) >= 11 is 0. The lowest BCUT2D eigenvalue weighted by Gasteiger charge is -2.17. The van der Waals surface area contributed by atoms with E-state index in [1.54, 1.807) is 0 Å². The van der Waals surface area contributed by atoms with E-state index in [0.29, 0.717) is 12.5 Å². The molecule has 1 aliphatic rings. The average molecular weight is 277 g/mol. The van der Waals surface area contributed by atoms with Gasteiger partial charge in [-0.05, 0) is 6.42 Å². The molecule has 0 radical (unpaired) electrons. The van der Waals surface area contributed by atoms with E-state index in [1.807, 2.05) is 0 Å². The summed E-state index contributed by atoms with van der Waals surface area (Å²) in [7, 11) is 0. The Morgan fingerprint density at radius 3 is 2.74 bits per heavy atom. The molecular weight excluding hydrogens is 267 g/mol. The van der Waals surface area contributed by atoms with Crippen LogP contribution in [0.1, 0.15) is 12.1 Å². The molecule has 1 aromatic rings. The molecule has 104 valence electrons. The van der Waals surface area contributed by atoms with Gasteiger partial charge in [0.05, 0.1) is 5.92 Å². The highest BCUT2D eigenvalue weighted by Gasteiger charge is 2.35. The largest absolute Gasteiger partial charge is 0.481 e. The van der Waals surface area contributed by atoms with E-state index in [4.69, 9.17) is 5.11 Å². The summed E-state index contributed by atoms with van der Waals surface area (Å²) in [4.78, 5) is 28.8. The zero-order valence-corrected chi connectivity index (χ0v) is 9.57. The van der Waals surface area contributed by atoms with Crippen LogP contribution in [0, 0.1) is 5.92 Å². The highest BCUT2D eigenvalue weighted by atomic mass is 19.4. The van der Waals surface area contributed by atoms with Gasteiger partial charge in [-0.15, -0.1) is 0 Å². The van der Waals surface area contributed by atoms with E-state index in [0.717, 1.165) is 0 Å². The van der Waals surface area contributed by atoms with Crippen molar-refractivity contribution in [3.05, 3.63) is 22.1 Å². The molecule has 0 saturated carbocycles. The molecule has 2 rings (SSSR count). The second-order valence-electron chi connectivity index (χ2n) is 4.22. The summed E-state index contributed by atoms with van der Waals surface area (Å²) in [6.45, 7) is 0.265. The monoisotopic (exact) mass is 277 g/mol. The summed E-state index contributed by atoms with van der Waals surface area (Å²) in [5, 5.41) is 8.82. The third kappa shape index (κ3) is 2.85. The number of aliphatic carboxylic acids is 1. The third-order valence-electron chi connectivity index (χ3n) is 2.86. The Bertz CT molecular complexity index is 555. The van der Waals surface area contributed by atoms with Gasteiger partial charge in [0, 0.05) is 19.2 Å². The minimum Gasteiger partial charge on any atom is -0.481 e. The maximum Gasteiger partial charge on any atom is 0.433 e. The number of nitrogens with one attached hydrogen (secondary N) is 1. The first-order valence-electron chi connectivity index (χ1n) is 5.43. The number of carboxylic acids is 1. The highest BCUT2D eigenvalue weighted by Crippen LogP contribution is 2.28. The molecule has 0 amide bonds. The second kappa shape index (κ2) is 4.56. The third-order valence-corrected chi connectivity index (χ3v) is 2.86. The minimum absolute atomic E-state index is 0.0274. The van der Waals surface area contributed by atoms with Crippen molar-refractivity contribution in [3.8, 4) is 0 Å². The zero-order chi connectivity index (χ0) is 14.2. The van der Waals surface area contributed by atoms with Crippen LogP contribution in [0.4, 0.5) is 19.1 Å². The molecule has 1 aromatic heterocycles. The van der Waals surface area contributed by atoms with Crippen molar-refractivity contribution in [2.45, 2.75) is 12.6 Å². The average Bonchev–Trinajstić information content (AvgIpc) is 2.76. The number of halogens is 3. The van der Waals surface area contributed by atoms with Gasteiger partial charge in [-0.3, -0.25) is 14.6 Å². The first-order valence-corrected chi connectivity index (χ1v) is 5.43. The van der Waals surface area contributed by atoms with Gasteiger partial charge in [0.2, 0.25) is 5.95 Å². The number of H-pyrrole nitrogens is 1. The number of anilines is 1. The van der Waals surface area contributed by atoms with Crippen LogP contribution in [0.3, 0.4) is 0 Å². The predicted octanol–water partition coefficient (Wildman–Crippen LogP) is 0.700. The number of nitrogens with zero attached hydrogens (tertiary/aromatic N) is 2. The van der Waals surface area contributed by atoms with Crippen LogP contribution in [0.15, 0.2) is 10.9 Å². The molecule has 1 saturated heterocycles. The fourth-order valence-corrected chi connectivity index (χ4v) is 1.89. The summed E-state index contributed by atoms with van der Waals surface area (Å²) < 4.78 is 37.5. The van der Waals surface area contributed by atoms with Crippen molar-refractivity contribution in [1.82, 2.24) is 9.97 Å². The quantitative estimate of drug-likeness (QED) is 0.831. The van der Waals surface area contributed by atoms with Crippen molar-refractivity contribution in [1.29, 1.82) is 0 Å². The number of carboxylic acid groups (broad SMARTS) is 1. The molecule has 1 aliphatic heterocycles. The molecule has 2 N–H and O–H groups in total. The van der Waals surface area contributed by atoms with E-state index in [9.17, 15) is 22.8 Å². The Kier molecular flexibility index (Phi) is 3.21. The lowest BCUT2D eigenvalue weighted by Crippen LogP contribution is -2.28. The summed E-state index contributed by atoms with van der Waals surface area (Å²) in [5.74, 6) is -1.93. The number of carbonyl (C=O) groups is 1. The molecular formula is C10H10F3N3O3. The topological polar surface area (TPSA) is 86.3 Å². The lowest BCUT2D eigenvalue weighted by molar-refractivity contribution is -0.142. The standard InChI is InChI=1S/C10H10F3N3O3/c11-10(12,13)6-3-7(17)15-9(14-6)16-2-1-5(4-16)8(18)19/h3,5H,1-2,4H2,(H,18,19)(H,14,15,17)/t5-/m0/s1. The van der Waals surface area contributed by atoms with Gasteiger partial charge in [0.15, 0.2) is 5.69 Å². The molecule has 0 aliphatic carbocycles. The first-order chi connectivity index (χ1) is 8.77. The van der Waals surface area contributed by atoms with Crippen molar-refractivity contribution >= 4 is 11.9 Å². The zero-order valence-electron chi connectivity index (χ0n) is 9.57. The van der Waals surface area contributed by atoms with Gasteiger partial charge in [-0.2, -0.15) is 13.2 Å². The van der Waals surface area contributed by atoms with Crippen LogP contribution in [0.2, 0.25) is 0 Å². The number of alkyl halides is 3. The van der Waals surface area contributed by atoms with E-state index >= 15 is 0 Å². The molecule has 19 heavy (non-hydrogen) atoms. The number of rotatable bonds is 2. The molecule has 1 fully saturated rings. The Morgan fingerprint density at radius 2 is 2.21 bits per heavy atom. The van der Waals surface area contributed by atoms with Gasteiger partial charge >= 0.3 is 12.1 Å². The number of aromatic nitrogens is 2. The Labute approximate surface area is 104 Å². The summed E-state index contributed by atoms with van der Waals surface area (Å²) in [5.41, 5.74) is -2.21. The van der Waals surface area contributed by atoms with E-state index in [1.165, 1.54) is 4.90 Å². The molecule has 1 atom stereocenters. The smallest absolute Gasteiger partial charge is 0.433 e. The second-order valence-corrected chi connectivity index (χ2v) is 4.22. The van der Waals surface area contributed by atoms with Gasteiger partial charge in [-0.1, -0.05) is 0 Å². The molecule has 2 heterocycles. The summed E-state index contributed by atoms with van der Waals surface area (Å²) in [6.07, 6.45) is -4.41. The Hall–Kier alpha value is -2.06. The first kappa shape index (κ1) is 13.4. The molecule has 0 unspecified atom stereocenters. The van der Waals surface area contributed by atoms with Crippen molar-refractivity contribution < 1.29 is 23.1 Å². The lowest BCUT2D eigenvalue weighted by atomic mass is 10.1. The Balaban J connectivity index is 2.29. The SMILES string of the molecule is O=C(O)[C@H]1CCN(c2nc(C(F)(F)F)cc(=O)[nH]2)C1. The van der Waals surface area contributed by atoms with E-state index < -0.39 is 29.3 Å². The van der Waals surface area contributed by atoms with Crippen molar-refractivity contribution in [2.75, 3.05) is 18.0 Å². The number of hydrogen-bond acceptors (Lipinski definition) is 4. The molecule has 0 bridgehead atoms. The van der Waals surface area contributed by atoms with Gasteiger partial charge in [0.1, 0.15) is 0 Å². The van der Waals surface area contributed by atoms with Crippen LogP contribution >= 0.6 is 0 Å². The van der Waals surface area contributed by atoms with E-state index in [2.05, 4.69) is 9.97 Å². The number of aromatic amines is 1. The predicted molar refractivity (Wildman–Crippen MR) is 57.8 cm³/mol. The van der Waals surface area contributed by atoms with Crippen LogP contribution in [0.5, 0.6) is 0 Å². The fourth-order valence-electron chi connectivity index (χ4n) is 1.89. The van der Waals surface area contributed by atoms with Gasteiger partial charge < -0.3 is 10.0 Å². The van der Waals surface area contributed by atoms with Crippen LogP contribution < -0.4 is 10.5 Å². The fraction of sp³-hybridized carbons (Fsp3) is 0.500. The van der Waals surface area contributed by atoms with Crippen LogP contribution in [-0.4, -0.2) is 34.1 Å². The maximum atomic E-state index is 12.5. The van der Waals surface area contributed by atoms with Crippen molar-refractivity contribution in [3.63, 3.8) is 0 Å². The minimum atomic E-state index is -4.71. The van der Waals surface area contributed by atoms with Crippen LogP contribution in [-0.2, 0) is 11.0 Å². The Morgan fingerprint density at radius 1 is 1.53 bits per heavy atom. The maximum absolute atomic E-state index is 12.5.